The van der Waals surface area contributed by atoms with Gasteiger partial charge in [0, 0.05) is 24.8 Å². The van der Waals surface area contributed by atoms with Crippen LogP contribution in [0.1, 0.15) is 48.0 Å². The number of carbonyl (C=O) groups is 1. The Kier molecular flexibility index (Phi) is 5.85. The minimum atomic E-state index is -3.47. The van der Waals surface area contributed by atoms with Crippen LogP contribution in [0.5, 0.6) is 0 Å². The Labute approximate surface area is 170 Å². The molecule has 1 saturated heterocycles. The lowest BCUT2D eigenvalue weighted by Gasteiger charge is -2.25. The Hall–Kier alpha value is -1.70. The standard InChI is InChI=1S/C21H24N2O3S2/c24-21-18-9-3-2-7-16(18)8-6-10-19(21)27-20-12-11-17(15-22-20)28(25,26)23-13-4-1-5-14-23/h2-3,7,9,11-12,15,19H,1,4-6,8,10,13-14H2. The zero-order valence-electron chi connectivity index (χ0n) is 15.7. The van der Waals surface area contributed by atoms with Crippen molar-refractivity contribution in [2.75, 3.05) is 13.1 Å². The van der Waals surface area contributed by atoms with Crippen molar-refractivity contribution in [1.29, 1.82) is 0 Å². The van der Waals surface area contributed by atoms with Gasteiger partial charge in [-0.3, -0.25) is 4.79 Å². The van der Waals surface area contributed by atoms with E-state index in [0.717, 1.165) is 49.7 Å². The van der Waals surface area contributed by atoms with Crippen LogP contribution < -0.4 is 0 Å². The van der Waals surface area contributed by atoms with Gasteiger partial charge >= 0.3 is 0 Å². The first-order valence-electron chi connectivity index (χ1n) is 9.81. The van der Waals surface area contributed by atoms with E-state index in [-0.39, 0.29) is 15.9 Å². The fourth-order valence-electron chi connectivity index (χ4n) is 3.86. The number of benzene rings is 1. The number of sulfonamides is 1. The number of piperidine rings is 1. The van der Waals surface area contributed by atoms with Crippen LogP contribution in [0, 0.1) is 0 Å². The van der Waals surface area contributed by atoms with Gasteiger partial charge in [-0.15, -0.1) is 0 Å². The monoisotopic (exact) mass is 416 g/mol. The van der Waals surface area contributed by atoms with Crippen molar-refractivity contribution in [1.82, 2.24) is 9.29 Å². The normalized spacial score (nSPS) is 21.1. The molecule has 0 spiro atoms. The maximum atomic E-state index is 12.9. The molecule has 1 fully saturated rings. The zero-order chi connectivity index (χ0) is 19.6. The van der Waals surface area contributed by atoms with Crippen molar-refractivity contribution in [3.63, 3.8) is 0 Å². The van der Waals surface area contributed by atoms with Crippen LogP contribution in [0.3, 0.4) is 0 Å². The Morgan fingerprint density at radius 3 is 2.54 bits per heavy atom. The number of fused-ring (bicyclic) bond motifs is 1. The molecule has 1 aliphatic carbocycles. The highest BCUT2D eigenvalue weighted by atomic mass is 32.2. The average Bonchev–Trinajstić information content (AvgIpc) is 2.88. The van der Waals surface area contributed by atoms with E-state index in [0.29, 0.717) is 18.1 Å². The second-order valence-electron chi connectivity index (χ2n) is 7.32. The highest BCUT2D eigenvalue weighted by molar-refractivity contribution is 8.00. The Balaban J connectivity index is 1.50. The number of aromatic nitrogens is 1. The third-order valence-corrected chi connectivity index (χ3v) is 8.51. The summed E-state index contributed by atoms with van der Waals surface area (Å²) in [4.78, 5) is 17.5. The van der Waals surface area contributed by atoms with Crippen molar-refractivity contribution in [2.24, 2.45) is 0 Å². The highest BCUT2D eigenvalue weighted by Crippen LogP contribution is 2.32. The average molecular weight is 417 g/mol. The number of rotatable bonds is 4. The molecule has 0 saturated carbocycles. The molecule has 4 rings (SSSR count). The van der Waals surface area contributed by atoms with Crippen molar-refractivity contribution < 1.29 is 13.2 Å². The SMILES string of the molecule is O=C1c2ccccc2CCCC1Sc1ccc(S(=O)(=O)N2CCCCC2)cn1. The molecule has 2 heterocycles. The summed E-state index contributed by atoms with van der Waals surface area (Å²) in [7, 11) is -3.47. The van der Waals surface area contributed by atoms with Gasteiger partial charge in [-0.25, -0.2) is 13.4 Å². The van der Waals surface area contributed by atoms with E-state index >= 15 is 0 Å². The number of ketones is 1. The third-order valence-electron chi connectivity index (χ3n) is 5.41. The van der Waals surface area contributed by atoms with E-state index in [2.05, 4.69) is 4.98 Å². The molecule has 28 heavy (non-hydrogen) atoms. The van der Waals surface area contributed by atoms with Crippen LogP contribution in [0.25, 0.3) is 0 Å². The summed E-state index contributed by atoms with van der Waals surface area (Å²) < 4.78 is 27.0. The zero-order valence-corrected chi connectivity index (χ0v) is 17.3. The number of hydrogen-bond donors (Lipinski definition) is 0. The van der Waals surface area contributed by atoms with Gasteiger partial charge in [0.05, 0.1) is 10.3 Å². The summed E-state index contributed by atoms with van der Waals surface area (Å²) in [5, 5.41) is 0.510. The van der Waals surface area contributed by atoms with Crippen LogP contribution in [-0.4, -0.2) is 41.8 Å². The molecule has 0 N–H and O–H groups in total. The summed E-state index contributed by atoms with van der Waals surface area (Å²) >= 11 is 1.44. The number of hydrogen-bond acceptors (Lipinski definition) is 5. The van der Waals surface area contributed by atoms with E-state index in [4.69, 9.17) is 0 Å². The van der Waals surface area contributed by atoms with Crippen molar-refractivity contribution in [3.05, 3.63) is 53.7 Å². The maximum absolute atomic E-state index is 12.9. The summed E-state index contributed by atoms with van der Waals surface area (Å²) in [5.74, 6) is 0.143. The van der Waals surface area contributed by atoms with Gasteiger partial charge in [0.15, 0.2) is 5.78 Å². The minimum Gasteiger partial charge on any atom is -0.293 e. The van der Waals surface area contributed by atoms with Gasteiger partial charge in [-0.05, 0) is 49.8 Å². The molecule has 2 aliphatic rings. The molecule has 0 radical (unpaired) electrons. The fraction of sp³-hybridized carbons (Fsp3) is 0.429. The first-order valence-corrected chi connectivity index (χ1v) is 12.1. The lowest BCUT2D eigenvalue weighted by atomic mass is 10.0. The van der Waals surface area contributed by atoms with Crippen LogP contribution in [0.4, 0.5) is 0 Å². The first kappa shape index (κ1) is 19.6. The number of aryl methyl sites for hydroxylation is 1. The maximum Gasteiger partial charge on any atom is 0.244 e. The Morgan fingerprint density at radius 2 is 1.79 bits per heavy atom. The lowest BCUT2D eigenvalue weighted by Crippen LogP contribution is -2.35. The predicted molar refractivity (Wildman–Crippen MR) is 110 cm³/mol. The summed E-state index contributed by atoms with van der Waals surface area (Å²) in [6.07, 6.45) is 7.01. The second-order valence-corrected chi connectivity index (χ2v) is 10.5. The number of Topliss-reactive ketones (excluding diaryl/α,β-unsaturated/α-hetero) is 1. The predicted octanol–water partition coefficient (Wildman–Crippen LogP) is 3.94. The van der Waals surface area contributed by atoms with Gasteiger partial charge in [-0.2, -0.15) is 4.31 Å². The van der Waals surface area contributed by atoms with Gasteiger partial charge in [0.1, 0.15) is 4.90 Å². The first-order chi connectivity index (χ1) is 13.6. The Morgan fingerprint density at radius 1 is 1.00 bits per heavy atom. The summed E-state index contributed by atoms with van der Waals surface area (Å²) in [5.41, 5.74) is 1.92. The molecular formula is C21H24N2O3S2. The lowest BCUT2D eigenvalue weighted by molar-refractivity contribution is 0.0988. The van der Waals surface area contributed by atoms with Gasteiger partial charge < -0.3 is 0 Å². The molecular weight excluding hydrogens is 392 g/mol. The third kappa shape index (κ3) is 4.02. The van der Waals surface area contributed by atoms with E-state index in [1.807, 2.05) is 24.3 Å². The Bertz CT molecular complexity index is 952. The molecule has 0 bridgehead atoms. The molecule has 1 aromatic carbocycles. The minimum absolute atomic E-state index is 0.143. The molecule has 5 nitrogen and oxygen atoms in total. The molecule has 1 unspecified atom stereocenters. The van der Waals surface area contributed by atoms with Gasteiger partial charge in [0.2, 0.25) is 10.0 Å². The number of pyridine rings is 1. The van der Waals surface area contributed by atoms with E-state index < -0.39 is 10.0 Å². The van der Waals surface area contributed by atoms with Crippen LogP contribution in [0.15, 0.2) is 52.5 Å². The van der Waals surface area contributed by atoms with Crippen LogP contribution >= 0.6 is 11.8 Å². The van der Waals surface area contributed by atoms with Crippen LogP contribution in [0.2, 0.25) is 0 Å². The van der Waals surface area contributed by atoms with E-state index in [1.165, 1.54) is 18.0 Å². The quantitative estimate of drug-likeness (QED) is 0.707. The number of nitrogens with zero attached hydrogens (tertiary/aromatic N) is 2. The number of carbonyl (C=O) groups excluding carboxylic acids is 1. The molecule has 0 amide bonds. The van der Waals surface area contributed by atoms with Crippen molar-refractivity contribution in [3.8, 4) is 0 Å². The fourth-order valence-corrected chi connectivity index (χ4v) is 6.40. The molecule has 2 aromatic rings. The summed E-state index contributed by atoms with van der Waals surface area (Å²) in [6, 6.07) is 11.2. The molecule has 1 aliphatic heterocycles. The van der Waals surface area contributed by atoms with E-state index in [1.54, 1.807) is 16.4 Å². The topological polar surface area (TPSA) is 67.3 Å². The second kappa shape index (κ2) is 8.35. The molecule has 7 heteroatoms. The molecule has 1 aromatic heterocycles. The van der Waals surface area contributed by atoms with Crippen molar-refractivity contribution >= 4 is 27.6 Å². The number of thioether (sulfide) groups is 1. The molecule has 148 valence electrons. The smallest absolute Gasteiger partial charge is 0.244 e. The van der Waals surface area contributed by atoms with Gasteiger partial charge in [-0.1, -0.05) is 42.4 Å². The highest BCUT2D eigenvalue weighted by Gasteiger charge is 2.28. The van der Waals surface area contributed by atoms with Gasteiger partial charge in [0.25, 0.3) is 0 Å². The van der Waals surface area contributed by atoms with E-state index in [9.17, 15) is 13.2 Å². The van der Waals surface area contributed by atoms with Crippen LogP contribution in [-0.2, 0) is 16.4 Å². The van der Waals surface area contributed by atoms with Crippen molar-refractivity contribution in [2.45, 2.75) is 53.7 Å². The largest absolute Gasteiger partial charge is 0.293 e. The molecule has 1 atom stereocenters. The summed E-state index contributed by atoms with van der Waals surface area (Å²) in [6.45, 7) is 1.16.